The molecule has 0 spiro atoms. The Labute approximate surface area is 327 Å². The van der Waals surface area contributed by atoms with Crippen LogP contribution in [0.5, 0.6) is 0 Å². The summed E-state index contributed by atoms with van der Waals surface area (Å²) in [5.74, 6) is 0. The summed E-state index contributed by atoms with van der Waals surface area (Å²) >= 11 is 3.78. The molecule has 9 aromatic carbocycles. The van der Waals surface area contributed by atoms with Crippen LogP contribution in [0.3, 0.4) is 0 Å². The van der Waals surface area contributed by atoms with Crippen molar-refractivity contribution in [3.63, 3.8) is 0 Å². The van der Waals surface area contributed by atoms with E-state index in [2.05, 4.69) is 205 Å². The fraction of sp³-hybridized carbons (Fsp3) is 0. The van der Waals surface area contributed by atoms with E-state index in [0.29, 0.717) is 0 Å². The van der Waals surface area contributed by atoms with Gasteiger partial charge in [-0.15, -0.1) is 22.7 Å². The first kappa shape index (κ1) is 32.0. The highest BCUT2D eigenvalue weighted by molar-refractivity contribution is 7.27. The minimum atomic E-state index is 1.13. The molecular formula is C52H33NS2. The van der Waals surface area contributed by atoms with Crippen molar-refractivity contribution >= 4 is 113 Å². The van der Waals surface area contributed by atoms with E-state index in [-0.39, 0.29) is 0 Å². The second-order valence-corrected chi connectivity index (χ2v) is 16.2. The molecule has 0 saturated carbocycles. The van der Waals surface area contributed by atoms with Crippen molar-refractivity contribution in [1.82, 2.24) is 0 Å². The van der Waals surface area contributed by atoms with Crippen molar-refractivity contribution in [3.8, 4) is 0 Å². The third-order valence-corrected chi connectivity index (χ3v) is 13.1. The largest absolute Gasteiger partial charge is 0.310 e. The van der Waals surface area contributed by atoms with Gasteiger partial charge in [-0.25, -0.2) is 0 Å². The summed E-state index contributed by atoms with van der Waals surface area (Å²) < 4.78 is 5.23. The van der Waals surface area contributed by atoms with Crippen LogP contribution in [0.1, 0.15) is 16.7 Å². The Hall–Kier alpha value is -6.52. The van der Waals surface area contributed by atoms with E-state index in [9.17, 15) is 0 Å². The fourth-order valence-electron chi connectivity index (χ4n) is 8.36. The minimum absolute atomic E-state index is 1.13. The molecule has 0 N–H and O–H groups in total. The molecule has 0 unspecified atom stereocenters. The van der Waals surface area contributed by atoms with E-state index in [4.69, 9.17) is 0 Å². The van der Waals surface area contributed by atoms with Gasteiger partial charge in [0.15, 0.2) is 0 Å². The van der Waals surface area contributed by atoms with Gasteiger partial charge in [0.2, 0.25) is 0 Å². The summed E-state index contributed by atoms with van der Waals surface area (Å²) in [6, 6.07) is 70.9. The summed E-state index contributed by atoms with van der Waals surface area (Å²) in [5.41, 5.74) is 8.28. The number of hydrogen-bond donors (Lipinski definition) is 0. The highest BCUT2D eigenvalue weighted by atomic mass is 32.1. The maximum Gasteiger partial charge on any atom is 0.0561 e. The molecule has 0 radical (unpaired) electrons. The maximum absolute atomic E-state index is 2.44. The van der Waals surface area contributed by atoms with E-state index in [0.717, 1.165) is 11.4 Å². The predicted octanol–water partition coefficient (Wildman–Crippen LogP) is 15.8. The minimum Gasteiger partial charge on any atom is -0.310 e. The zero-order valence-electron chi connectivity index (χ0n) is 29.8. The van der Waals surface area contributed by atoms with E-state index in [1.54, 1.807) is 0 Å². The molecule has 0 bridgehead atoms. The van der Waals surface area contributed by atoms with Crippen LogP contribution in [0.4, 0.5) is 17.1 Å². The van der Waals surface area contributed by atoms with Gasteiger partial charge in [0.05, 0.1) is 5.69 Å². The van der Waals surface area contributed by atoms with Gasteiger partial charge in [0, 0.05) is 51.7 Å². The molecule has 0 fully saturated rings. The molecule has 2 heterocycles. The normalized spacial score (nSPS) is 12.1. The molecule has 0 aliphatic heterocycles. The van der Waals surface area contributed by atoms with Crippen molar-refractivity contribution in [2.24, 2.45) is 0 Å². The number of nitrogens with zero attached hydrogens (tertiary/aromatic N) is 1. The third-order valence-electron chi connectivity index (χ3n) is 10.8. The van der Waals surface area contributed by atoms with Gasteiger partial charge < -0.3 is 4.90 Å². The van der Waals surface area contributed by atoms with Crippen LogP contribution >= 0.6 is 22.7 Å². The first-order chi connectivity index (χ1) is 27.3. The lowest BCUT2D eigenvalue weighted by Crippen LogP contribution is -2.10. The topological polar surface area (TPSA) is 3.24 Å². The number of rotatable bonds is 6. The Morgan fingerprint density at radius 1 is 0.400 bits per heavy atom. The molecule has 11 aromatic rings. The summed E-state index contributed by atoms with van der Waals surface area (Å²) in [5, 5.41) is 10.3. The summed E-state index contributed by atoms with van der Waals surface area (Å²) in [4.78, 5) is 2.42. The van der Waals surface area contributed by atoms with Gasteiger partial charge in [0.25, 0.3) is 0 Å². The predicted molar refractivity (Wildman–Crippen MR) is 242 cm³/mol. The first-order valence-corrected chi connectivity index (χ1v) is 20.3. The molecule has 3 heteroatoms. The Morgan fingerprint density at radius 2 is 1.00 bits per heavy atom. The second kappa shape index (κ2) is 13.1. The molecule has 0 aliphatic rings. The van der Waals surface area contributed by atoms with Gasteiger partial charge in [-0.05, 0) is 104 Å². The summed E-state index contributed by atoms with van der Waals surface area (Å²) in [6.07, 6.45) is 2.42. The Bertz CT molecular complexity index is 3210. The van der Waals surface area contributed by atoms with Crippen molar-refractivity contribution in [2.45, 2.75) is 0 Å². The van der Waals surface area contributed by atoms with Crippen LogP contribution in [0, 0.1) is 0 Å². The molecule has 0 atom stereocenters. The molecule has 0 aliphatic carbocycles. The van der Waals surface area contributed by atoms with E-state index < -0.39 is 0 Å². The van der Waals surface area contributed by atoms with Crippen LogP contribution in [0.2, 0.25) is 0 Å². The number of thiophene rings is 2. The van der Waals surface area contributed by atoms with E-state index in [1.165, 1.54) is 89.8 Å². The van der Waals surface area contributed by atoms with Crippen LogP contribution in [0.25, 0.3) is 73.5 Å². The van der Waals surface area contributed by atoms with Crippen LogP contribution in [0.15, 0.2) is 194 Å². The van der Waals surface area contributed by atoms with Crippen molar-refractivity contribution in [2.75, 3.05) is 4.90 Å². The van der Waals surface area contributed by atoms with E-state index in [1.807, 2.05) is 22.7 Å². The Balaban J connectivity index is 1.20. The Kier molecular flexibility index (Phi) is 7.61. The van der Waals surface area contributed by atoms with Gasteiger partial charge in [-0.1, -0.05) is 140 Å². The average Bonchev–Trinajstić information content (AvgIpc) is 3.83. The maximum atomic E-state index is 2.44. The van der Waals surface area contributed by atoms with Gasteiger partial charge in [-0.2, -0.15) is 0 Å². The molecular weight excluding hydrogens is 703 g/mol. The highest BCUT2D eigenvalue weighted by Gasteiger charge is 2.21. The molecule has 0 amide bonds. The van der Waals surface area contributed by atoms with Gasteiger partial charge in [0.1, 0.15) is 0 Å². The number of anilines is 3. The Morgan fingerprint density at radius 3 is 1.75 bits per heavy atom. The molecule has 55 heavy (non-hydrogen) atoms. The highest BCUT2D eigenvalue weighted by Crippen LogP contribution is 2.49. The molecule has 1 nitrogen and oxygen atoms in total. The molecule has 258 valence electrons. The van der Waals surface area contributed by atoms with Crippen molar-refractivity contribution < 1.29 is 0 Å². The molecule has 11 rings (SSSR count). The standard InChI is InChI=1S/C52H33NS2/c1-4-16-34(17-5-1)44(31-37-33-49-50(42-25-13-12-23-40(37)42)43-26-14-15-27-47(43)54-49)36-28-29-48-45(30-36)51-46(32-35-18-10-11-24-41(35)52(51)55-48)53(38-19-6-2-7-20-38)39-21-8-3-9-22-39/h1-33H/b44-31+. The summed E-state index contributed by atoms with van der Waals surface area (Å²) in [7, 11) is 0. The first-order valence-electron chi connectivity index (χ1n) is 18.7. The lowest BCUT2D eigenvalue weighted by molar-refractivity contribution is 1.30. The van der Waals surface area contributed by atoms with Crippen LogP contribution in [-0.4, -0.2) is 0 Å². The van der Waals surface area contributed by atoms with E-state index >= 15 is 0 Å². The van der Waals surface area contributed by atoms with Crippen LogP contribution in [-0.2, 0) is 0 Å². The lowest BCUT2D eigenvalue weighted by Gasteiger charge is -2.27. The third kappa shape index (κ3) is 5.35. The number of hydrogen-bond acceptors (Lipinski definition) is 3. The van der Waals surface area contributed by atoms with Crippen molar-refractivity contribution in [1.29, 1.82) is 0 Å². The monoisotopic (exact) mass is 735 g/mol. The quantitative estimate of drug-likeness (QED) is 0.154. The van der Waals surface area contributed by atoms with Gasteiger partial charge in [-0.3, -0.25) is 0 Å². The summed E-state index contributed by atoms with van der Waals surface area (Å²) in [6.45, 7) is 0. The second-order valence-electron chi connectivity index (χ2n) is 14.0. The number of fused-ring (bicyclic) bond motifs is 10. The van der Waals surface area contributed by atoms with Crippen molar-refractivity contribution in [3.05, 3.63) is 211 Å². The zero-order valence-corrected chi connectivity index (χ0v) is 31.4. The SMILES string of the molecule is C(=C(/c1ccccc1)c1ccc2sc3c4ccccc4cc(N(c4ccccc4)c4ccccc4)c3c2c1)/c1cc2sc3ccccc3c2c2ccccc12. The number of para-hydroxylation sites is 2. The zero-order chi connectivity index (χ0) is 36.3. The molecule has 0 saturated heterocycles. The smallest absolute Gasteiger partial charge is 0.0561 e. The molecule has 2 aromatic heterocycles. The number of benzene rings is 9. The lowest BCUT2D eigenvalue weighted by atomic mass is 9.92. The van der Waals surface area contributed by atoms with Gasteiger partial charge >= 0.3 is 0 Å². The van der Waals surface area contributed by atoms with Crippen LogP contribution < -0.4 is 4.90 Å². The average molecular weight is 736 g/mol. The fourth-order valence-corrected chi connectivity index (χ4v) is 10.8.